The molecule has 0 aliphatic rings. The minimum Gasteiger partial charge on any atom is -0.398 e. The second kappa shape index (κ2) is 5.19. The Labute approximate surface area is 119 Å². The van der Waals surface area contributed by atoms with Gasteiger partial charge in [0.25, 0.3) is 0 Å². The molecular weight excluding hydrogens is 293 g/mol. The van der Waals surface area contributed by atoms with E-state index in [-0.39, 0.29) is 10.8 Å². The number of hydrogen-bond acceptors (Lipinski definition) is 2. The Hall–Kier alpha value is -1.22. The molecule has 0 fully saturated rings. The molecule has 0 bridgehead atoms. The van der Waals surface area contributed by atoms with Gasteiger partial charge in [0, 0.05) is 11.1 Å². The van der Waals surface area contributed by atoms with Crippen LogP contribution in [0.25, 0.3) is 0 Å². The van der Waals surface area contributed by atoms with Crippen LogP contribution in [0.5, 0.6) is 0 Å². The van der Waals surface area contributed by atoms with Gasteiger partial charge in [0.05, 0.1) is 20.8 Å². The third-order valence-electron chi connectivity index (χ3n) is 2.46. The van der Waals surface area contributed by atoms with Gasteiger partial charge in [-0.25, -0.2) is 0 Å². The molecule has 0 saturated carbocycles. The van der Waals surface area contributed by atoms with E-state index in [9.17, 15) is 4.79 Å². The number of nitrogens with two attached hydrogens (primary N) is 1. The summed E-state index contributed by atoms with van der Waals surface area (Å²) < 4.78 is 0. The molecule has 0 spiro atoms. The summed E-state index contributed by atoms with van der Waals surface area (Å²) in [6.45, 7) is 0. The van der Waals surface area contributed by atoms with E-state index in [1.165, 1.54) is 6.07 Å². The van der Waals surface area contributed by atoms with E-state index in [1.807, 2.05) is 0 Å². The molecule has 0 unspecified atom stereocenters. The lowest BCUT2D eigenvalue weighted by Crippen LogP contribution is -2.03. The minimum atomic E-state index is -0.245. The topological polar surface area (TPSA) is 43.1 Å². The zero-order valence-electron chi connectivity index (χ0n) is 9.08. The first-order chi connectivity index (χ1) is 8.50. The molecule has 0 saturated heterocycles. The molecule has 0 aliphatic carbocycles. The molecule has 2 N–H and O–H groups in total. The molecule has 0 radical (unpaired) electrons. The number of halogens is 3. The van der Waals surface area contributed by atoms with E-state index in [1.54, 1.807) is 30.3 Å². The van der Waals surface area contributed by atoms with E-state index in [2.05, 4.69) is 0 Å². The molecule has 0 atom stereocenters. The molecule has 5 heteroatoms. The fourth-order valence-corrected chi connectivity index (χ4v) is 2.03. The Balaban J connectivity index is 2.48. The van der Waals surface area contributed by atoms with E-state index in [0.29, 0.717) is 26.9 Å². The molecule has 2 rings (SSSR count). The summed E-state index contributed by atoms with van der Waals surface area (Å²) in [5.41, 5.74) is 6.78. The van der Waals surface area contributed by atoms with Crippen molar-refractivity contribution in [1.29, 1.82) is 0 Å². The van der Waals surface area contributed by atoms with E-state index < -0.39 is 0 Å². The monoisotopic (exact) mass is 299 g/mol. The molecule has 92 valence electrons. The predicted molar refractivity (Wildman–Crippen MR) is 75.8 cm³/mol. The van der Waals surface area contributed by atoms with Gasteiger partial charge in [0.2, 0.25) is 0 Å². The van der Waals surface area contributed by atoms with Crippen molar-refractivity contribution in [1.82, 2.24) is 0 Å². The van der Waals surface area contributed by atoms with Gasteiger partial charge in [-0.05, 0) is 30.3 Å². The Morgan fingerprint density at radius 3 is 2.39 bits per heavy atom. The summed E-state index contributed by atoms with van der Waals surface area (Å²) in [4.78, 5) is 12.2. The number of rotatable bonds is 2. The van der Waals surface area contributed by atoms with Gasteiger partial charge < -0.3 is 5.73 Å². The maximum absolute atomic E-state index is 12.2. The summed E-state index contributed by atoms with van der Waals surface area (Å²) in [5, 5.41) is 0.961. The third kappa shape index (κ3) is 2.46. The highest BCUT2D eigenvalue weighted by Crippen LogP contribution is 2.28. The van der Waals surface area contributed by atoms with Crippen molar-refractivity contribution in [3.8, 4) is 0 Å². The number of benzene rings is 2. The molecule has 18 heavy (non-hydrogen) atoms. The molecule has 0 aliphatic heterocycles. The highest BCUT2D eigenvalue weighted by atomic mass is 35.5. The predicted octanol–water partition coefficient (Wildman–Crippen LogP) is 4.46. The second-order valence-corrected chi connectivity index (χ2v) is 4.86. The van der Waals surface area contributed by atoms with Crippen LogP contribution < -0.4 is 5.73 Å². The summed E-state index contributed by atoms with van der Waals surface area (Å²) in [7, 11) is 0. The van der Waals surface area contributed by atoms with Crippen molar-refractivity contribution in [2.24, 2.45) is 0 Å². The van der Waals surface area contributed by atoms with Crippen LogP contribution in [-0.2, 0) is 0 Å². The normalized spacial score (nSPS) is 10.4. The van der Waals surface area contributed by atoms with Gasteiger partial charge in [-0.3, -0.25) is 4.79 Å². The Morgan fingerprint density at radius 2 is 1.72 bits per heavy atom. The Morgan fingerprint density at radius 1 is 1.00 bits per heavy atom. The first-order valence-corrected chi connectivity index (χ1v) is 6.18. The zero-order chi connectivity index (χ0) is 13.3. The SMILES string of the molecule is Nc1cccc(C(=O)c2ccc(Cl)c(Cl)c2)c1Cl. The van der Waals surface area contributed by atoms with E-state index >= 15 is 0 Å². The van der Waals surface area contributed by atoms with Crippen LogP contribution in [0, 0.1) is 0 Å². The standard InChI is InChI=1S/C13H8Cl3NO/c14-9-5-4-7(6-10(9)15)13(18)8-2-1-3-11(17)12(8)16/h1-6H,17H2. The van der Waals surface area contributed by atoms with E-state index in [0.717, 1.165) is 0 Å². The van der Waals surface area contributed by atoms with Crippen LogP contribution in [0.4, 0.5) is 5.69 Å². The van der Waals surface area contributed by atoms with Crippen molar-refractivity contribution in [3.63, 3.8) is 0 Å². The van der Waals surface area contributed by atoms with Crippen LogP contribution in [0.2, 0.25) is 15.1 Å². The van der Waals surface area contributed by atoms with Gasteiger partial charge in [-0.15, -0.1) is 0 Å². The number of hydrogen-bond donors (Lipinski definition) is 1. The Bertz CT molecular complexity index is 626. The number of nitrogen functional groups attached to an aromatic ring is 1. The lowest BCUT2D eigenvalue weighted by molar-refractivity contribution is 0.103. The van der Waals surface area contributed by atoms with Gasteiger partial charge in [0.1, 0.15) is 0 Å². The van der Waals surface area contributed by atoms with Crippen LogP contribution in [0.3, 0.4) is 0 Å². The lowest BCUT2D eigenvalue weighted by atomic mass is 10.0. The van der Waals surface area contributed by atoms with Gasteiger partial charge in [0.15, 0.2) is 5.78 Å². The average Bonchev–Trinajstić information content (AvgIpc) is 2.35. The fraction of sp³-hybridized carbons (Fsp3) is 0. The first kappa shape index (κ1) is 13.2. The van der Waals surface area contributed by atoms with Crippen molar-refractivity contribution < 1.29 is 4.79 Å². The van der Waals surface area contributed by atoms with Crippen LogP contribution in [-0.4, -0.2) is 5.78 Å². The fourth-order valence-electron chi connectivity index (χ4n) is 1.52. The molecule has 0 aromatic heterocycles. The van der Waals surface area contributed by atoms with Crippen molar-refractivity contribution in [3.05, 3.63) is 62.6 Å². The lowest BCUT2D eigenvalue weighted by Gasteiger charge is -2.06. The average molecular weight is 301 g/mol. The zero-order valence-corrected chi connectivity index (χ0v) is 11.4. The first-order valence-electron chi connectivity index (χ1n) is 5.04. The number of carbonyl (C=O) groups is 1. The number of carbonyl (C=O) groups excluding carboxylic acids is 1. The molecular formula is C13H8Cl3NO. The van der Waals surface area contributed by atoms with Crippen molar-refractivity contribution in [2.45, 2.75) is 0 Å². The van der Waals surface area contributed by atoms with Gasteiger partial charge >= 0.3 is 0 Å². The summed E-state index contributed by atoms with van der Waals surface area (Å²) in [6.07, 6.45) is 0. The second-order valence-electron chi connectivity index (χ2n) is 3.67. The molecule has 0 heterocycles. The smallest absolute Gasteiger partial charge is 0.194 e. The minimum absolute atomic E-state index is 0.244. The molecule has 0 amide bonds. The van der Waals surface area contributed by atoms with Gasteiger partial charge in [-0.2, -0.15) is 0 Å². The molecule has 2 aromatic rings. The highest BCUT2D eigenvalue weighted by Gasteiger charge is 2.15. The summed E-state index contributed by atoms with van der Waals surface area (Å²) >= 11 is 17.7. The van der Waals surface area contributed by atoms with Crippen molar-refractivity contribution >= 4 is 46.3 Å². The van der Waals surface area contributed by atoms with Crippen LogP contribution in [0.15, 0.2) is 36.4 Å². The Kier molecular flexibility index (Phi) is 3.81. The number of anilines is 1. The highest BCUT2D eigenvalue weighted by molar-refractivity contribution is 6.42. The van der Waals surface area contributed by atoms with E-state index in [4.69, 9.17) is 40.5 Å². The quantitative estimate of drug-likeness (QED) is 0.657. The van der Waals surface area contributed by atoms with Crippen LogP contribution in [0.1, 0.15) is 15.9 Å². The largest absolute Gasteiger partial charge is 0.398 e. The summed E-state index contributed by atoms with van der Waals surface area (Å²) in [5.74, 6) is -0.245. The number of ketones is 1. The molecule has 2 nitrogen and oxygen atoms in total. The third-order valence-corrected chi connectivity index (χ3v) is 3.62. The maximum atomic E-state index is 12.2. The maximum Gasteiger partial charge on any atom is 0.194 e. The van der Waals surface area contributed by atoms with Crippen LogP contribution >= 0.6 is 34.8 Å². The van der Waals surface area contributed by atoms with Crippen molar-refractivity contribution in [2.75, 3.05) is 5.73 Å². The van der Waals surface area contributed by atoms with Gasteiger partial charge in [-0.1, -0.05) is 40.9 Å². The molecule has 2 aromatic carbocycles. The summed E-state index contributed by atoms with van der Waals surface area (Å²) in [6, 6.07) is 9.59.